The normalized spacial score (nSPS) is 21.1. The molecular formula is C56H65Cl3N8O8. The van der Waals surface area contributed by atoms with Crippen LogP contribution in [0.5, 0.6) is 0 Å². The van der Waals surface area contributed by atoms with Gasteiger partial charge in [-0.2, -0.15) is 9.97 Å². The van der Waals surface area contributed by atoms with Crippen molar-refractivity contribution in [3.05, 3.63) is 138 Å². The highest BCUT2D eigenvalue weighted by atomic mass is 35.5. The van der Waals surface area contributed by atoms with Crippen molar-refractivity contribution in [2.24, 2.45) is 11.8 Å². The number of hydrogen-bond acceptors (Lipinski definition) is 14. The Hall–Kier alpha value is -5.65. The van der Waals surface area contributed by atoms with E-state index in [2.05, 4.69) is 30.1 Å². The number of aliphatic hydroxyl groups is 4. The molecule has 4 aliphatic rings. The van der Waals surface area contributed by atoms with E-state index in [0.29, 0.717) is 75.1 Å². The minimum atomic E-state index is -1.04. The highest BCUT2D eigenvalue weighted by Gasteiger charge is 2.50. The van der Waals surface area contributed by atoms with Gasteiger partial charge in [0.05, 0.1) is 39.8 Å². The maximum atomic E-state index is 13.4. The zero-order valence-electron chi connectivity index (χ0n) is 43.3. The standard InChI is InChI=1S/C29H35ClN4O4.C27H30Cl2N4O4/c1-17-13-18(2)34-27(31-17)32-25(33-34)15-21-24(35)16-29(38-26(21)36,20-7-5-6-8-20)12-11-19-9-10-22(23(30)14-19)28(3,4)37;1-26(2,36)20-8-7-16(11-21(20)29)9-10-27(17-5-3-4-6-17)13-22(34)19(24(35)37-27)12-23-31-25-30-14-18(28)15-33(25)32-23/h9-10,13-14,20,35,37H,5-8,11-12,15-16H2,1-4H3;7-8,11,14-15,17,34,36H,3-6,9-10,12-13H2,1-2H3. The van der Waals surface area contributed by atoms with E-state index in [1.165, 1.54) is 10.7 Å². The molecule has 6 aromatic rings. The SMILES string of the molecule is CC(C)(O)c1ccc(CCC2(C3CCCC3)CC(O)=C(Cc3nc4ncc(Cl)cn4n3)C(=O)O2)cc1Cl.Cc1cc(C)n2nc(CC3=C(O)CC(CCc4ccc(C(C)(C)O)c(Cl)c4)(C4CCCC4)OC3=O)nc2n1. The Balaban J connectivity index is 0.000000184. The quantitative estimate of drug-likeness (QED) is 0.0746. The van der Waals surface area contributed by atoms with Crippen molar-refractivity contribution >= 4 is 58.3 Å². The molecular weight excluding hydrogens is 1020 g/mol. The van der Waals surface area contributed by atoms with Gasteiger partial charge >= 0.3 is 11.9 Å². The number of halogens is 3. The number of rotatable bonds is 14. The van der Waals surface area contributed by atoms with Crippen LogP contribution in [0.3, 0.4) is 0 Å². The number of fused-ring (bicyclic) bond motifs is 2. The van der Waals surface area contributed by atoms with Crippen LogP contribution in [0.1, 0.15) is 150 Å². The van der Waals surface area contributed by atoms with Crippen molar-refractivity contribution in [2.75, 3.05) is 0 Å². The molecule has 10 rings (SSSR count). The fraction of sp³-hybridized carbons (Fsp3) is 0.500. The number of esters is 2. The molecule has 4 aromatic heterocycles. The maximum absolute atomic E-state index is 13.4. The van der Waals surface area contributed by atoms with Gasteiger partial charge in [-0.15, -0.1) is 10.2 Å². The van der Waals surface area contributed by atoms with Crippen LogP contribution in [0, 0.1) is 25.7 Å². The molecule has 0 spiro atoms. The first kappa shape index (κ1) is 54.2. The zero-order chi connectivity index (χ0) is 53.6. The Morgan fingerprint density at radius 2 is 1.13 bits per heavy atom. The number of carbonyl (C=O) groups is 2. The summed E-state index contributed by atoms with van der Waals surface area (Å²) in [5, 5.41) is 53.2. The van der Waals surface area contributed by atoms with Gasteiger partial charge < -0.3 is 29.9 Å². The Morgan fingerprint density at radius 3 is 1.59 bits per heavy atom. The summed E-state index contributed by atoms with van der Waals surface area (Å²) >= 11 is 18.9. The van der Waals surface area contributed by atoms with Gasteiger partial charge in [0.15, 0.2) is 11.6 Å². The summed E-state index contributed by atoms with van der Waals surface area (Å²) in [6, 6.07) is 13.2. The fourth-order valence-corrected chi connectivity index (χ4v) is 12.6. The number of aromatic nitrogens is 8. The van der Waals surface area contributed by atoms with Gasteiger partial charge in [-0.3, -0.25) is 0 Å². The topological polar surface area (TPSA) is 220 Å². The summed E-state index contributed by atoms with van der Waals surface area (Å²) < 4.78 is 15.5. The van der Waals surface area contributed by atoms with Gasteiger partial charge in [-0.05, 0) is 134 Å². The molecule has 2 aromatic carbocycles. The maximum Gasteiger partial charge on any atom is 0.338 e. The molecule has 398 valence electrons. The molecule has 6 heterocycles. The van der Waals surface area contributed by atoms with Crippen LogP contribution < -0.4 is 0 Å². The van der Waals surface area contributed by atoms with Crippen molar-refractivity contribution in [1.82, 2.24) is 39.2 Å². The molecule has 0 bridgehead atoms. The molecule has 2 unspecified atom stereocenters. The number of carbonyl (C=O) groups excluding carboxylic acids is 2. The molecule has 2 aliphatic carbocycles. The van der Waals surface area contributed by atoms with E-state index in [9.17, 15) is 30.0 Å². The second kappa shape index (κ2) is 21.4. The molecule has 2 atom stereocenters. The number of ether oxygens (including phenoxy) is 2. The van der Waals surface area contributed by atoms with E-state index in [1.54, 1.807) is 38.4 Å². The van der Waals surface area contributed by atoms with E-state index >= 15 is 0 Å². The van der Waals surface area contributed by atoms with Crippen LogP contribution in [0.4, 0.5) is 0 Å². The molecule has 4 N–H and O–H groups in total. The van der Waals surface area contributed by atoms with E-state index in [0.717, 1.165) is 73.9 Å². The Morgan fingerprint density at radius 1 is 0.667 bits per heavy atom. The predicted octanol–water partition coefficient (Wildman–Crippen LogP) is 11.0. The average Bonchev–Trinajstić information content (AvgIpc) is 4.19. The third-order valence-electron chi connectivity index (χ3n) is 15.5. The molecule has 0 amide bonds. The predicted molar refractivity (Wildman–Crippen MR) is 284 cm³/mol. The first-order valence-electron chi connectivity index (χ1n) is 25.9. The molecule has 2 saturated carbocycles. The van der Waals surface area contributed by atoms with E-state index < -0.39 is 34.3 Å². The first-order valence-corrected chi connectivity index (χ1v) is 27.0. The van der Waals surface area contributed by atoms with Crippen LogP contribution in [-0.4, -0.2) is 82.7 Å². The van der Waals surface area contributed by atoms with Crippen molar-refractivity contribution in [3.8, 4) is 0 Å². The van der Waals surface area contributed by atoms with E-state index in [-0.39, 0.29) is 60.2 Å². The lowest BCUT2D eigenvalue weighted by Crippen LogP contribution is -2.46. The third kappa shape index (κ3) is 11.8. The van der Waals surface area contributed by atoms with Crippen molar-refractivity contribution < 1.29 is 39.5 Å². The Kier molecular flexibility index (Phi) is 15.5. The summed E-state index contributed by atoms with van der Waals surface area (Å²) in [6.07, 6.45) is 14.3. The second-order valence-electron chi connectivity index (χ2n) is 22.0. The van der Waals surface area contributed by atoms with Gasteiger partial charge in [-0.25, -0.2) is 28.6 Å². The lowest BCUT2D eigenvalue weighted by atomic mass is 9.76. The number of nitrogens with zero attached hydrogens (tertiary/aromatic N) is 8. The number of aliphatic hydroxyl groups excluding tert-OH is 2. The molecule has 0 saturated heterocycles. The first-order chi connectivity index (χ1) is 35.5. The Bertz CT molecular complexity index is 3220. The summed E-state index contributed by atoms with van der Waals surface area (Å²) in [5.41, 5.74) is 1.80. The molecule has 16 nitrogen and oxygen atoms in total. The second-order valence-corrected chi connectivity index (χ2v) is 23.2. The van der Waals surface area contributed by atoms with Crippen LogP contribution >= 0.6 is 34.8 Å². The largest absolute Gasteiger partial charge is 0.512 e. The summed E-state index contributed by atoms with van der Waals surface area (Å²) in [5.74, 6) is 1.01. The molecule has 19 heteroatoms. The monoisotopic (exact) mass is 1080 g/mol. The number of hydrogen-bond donors (Lipinski definition) is 4. The van der Waals surface area contributed by atoms with Crippen LogP contribution in [0.15, 0.2) is 77.5 Å². The molecule has 75 heavy (non-hydrogen) atoms. The smallest absolute Gasteiger partial charge is 0.338 e. The number of benzene rings is 2. The van der Waals surface area contributed by atoms with E-state index in [1.807, 2.05) is 56.3 Å². The van der Waals surface area contributed by atoms with Gasteiger partial charge in [0.1, 0.15) is 22.7 Å². The summed E-state index contributed by atoms with van der Waals surface area (Å²) in [7, 11) is 0. The van der Waals surface area contributed by atoms with E-state index in [4.69, 9.17) is 44.3 Å². The van der Waals surface area contributed by atoms with Crippen LogP contribution in [-0.2, 0) is 55.9 Å². The zero-order valence-corrected chi connectivity index (χ0v) is 45.6. The highest BCUT2D eigenvalue weighted by Crippen LogP contribution is 2.48. The summed E-state index contributed by atoms with van der Waals surface area (Å²) in [4.78, 5) is 44.0. The minimum Gasteiger partial charge on any atom is -0.512 e. The van der Waals surface area contributed by atoms with Gasteiger partial charge in [0.2, 0.25) is 0 Å². The molecule has 2 aliphatic heterocycles. The third-order valence-corrected chi connectivity index (χ3v) is 16.3. The minimum absolute atomic E-state index is 0.0309. The number of cyclic esters (lactones) is 2. The lowest BCUT2D eigenvalue weighted by molar-refractivity contribution is -0.168. The van der Waals surface area contributed by atoms with Crippen molar-refractivity contribution in [3.63, 3.8) is 0 Å². The van der Waals surface area contributed by atoms with Gasteiger partial charge in [0.25, 0.3) is 11.6 Å². The summed E-state index contributed by atoms with van der Waals surface area (Å²) in [6.45, 7) is 10.6. The highest BCUT2D eigenvalue weighted by molar-refractivity contribution is 6.32. The number of aryl methyl sites for hydroxylation is 4. The average molecular weight is 1080 g/mol. The van der Waals surface area contributed by atoms with Crippen molar-refractivity contribution in [1.29, 1.82) is 0 Å². The fourth-order valence-electron chi connectivity index (χ4n) is 11.6. The molecule has 0 radical (unpaired) electrons. The van der Waals surface area contributed by atoms with Gasteiger partial charge in [-0.1, -0.05) is 84.8 Å². The van der Waals surface area contributed by atoms with Crippen molar-refractivity contribution in [2.45, 2.75) is 167 Å². The van der Waals surface area contributed by atoms with Crippen LogP contribution in [0.25, 0.3) is 11.6 Å². The lowest BCUT2D eigenvalue weighted by Gasteiger charge is -2.41. The van der Waals surface area contributed by atoms with Gasteiger partial charge in [0, 0.05) is 58.2 Å². The molecule has 2 fully saturated rings. The Labute approximate surface area is 451 Å². The van der Waals surface area contributed by atoms with Crippen LogP contribution in [0.2, 0.25) is 15.1 Å².